The molecule has 0 bridgehead atoms. The number of hydrogen-bond acceptors (Lipinski definition) is 4. The summed E-state index contributed by atoms with van der Waals surface area (Å²) >= 11 is 0. The average molecular weight is 380 g/mol. The molecule has 0 unspecified atom stereocenters. The molecule has 0 fully saturated rings. The van der Waals surface area contributed by atoms with E-state index < -0.39 is 0 Å². The summed E-state index contributed by atoms with van der Waals surface area (Å²) in [4.78, 5) is 4.74. The first-order valence-electron chi connectivity index (χ1n) is 9.44. The van der Waals surface area contributed by atoms with Crippen LogP contribution in [-0.4, -0.2) is 31.2 Å². The van der Waals surface area contributed by atoms with Crippen LogP contribution in [0.5, 0.6) is 5.75 Å². The Morgan fingerprint density at radius 2 is 1.69 bits per heavy atom. The number of pyridine rings is 1. The Morgan fingerprint density at radius 1 is 1.00 bits per heavy atom. The molecular weight excluding hydrogens is 346 g/mol. The monoisotopic (exact) mass is 379 g/mol. The van der Waals surface area contributed by atoms with Crippen molar-refractivity contribution in [1.29, 1.82) is 0 Å². The molecule has 0 aliphatic heterocycles. The summed E-state index contributed by atoms with van der Waals surface area (Å²) in [6.07, 6.45) is 4.95. The van der Waals surface area contributed by atoms with Gasteiger partial charge in [0.15, 0.2) is 0 Å². The van der Waals surface area contributed by atoms with E-state index in [0.29, 0.717) is 6.04 Å². The van der Waals surface area contributed by atoms with Gasteiger partial charge >= 0.3 is 0 Å². The molecule has 0 saturated heterocycles. The van der Waals surface area contributed by atoms with Gasteiger partial charge in [-0.2, -0.15) is 0 Å². The van der Waals surface area contributed by atoms with Crippen molar-refractivity contribution in [3.05, 3.63) is 29.5 Å². The molecule has 0 saturated carbocycles. The molecule has 4 nitrogen and oxygen atoms in total. The second-order valence-electron chi connectivity index (χ2n) is 7.10. The van der Waals surface area contributed by atoms with Gasteiger partial charge in [0, 0.05) is 29.7 Å². The topological polar surface area (TPSA) is 46.2 Å². The fourth-order valence-electron chi connectivity index (χ4n) is 3.10. The van der Waals surface area contributed by atoms with E-state index in [1.807, 2.05) is 6.92 Å². The Labute approximate surface area is 164 Å². The minimum Gasteiger partial charge on any atom is -0.497 e. The highest BCUT2D eigenvalue weighted by atomic mass is 35.5. The van der Waals surface area contributed by atoms with Crippen molar-refractivity contribution < 1.29 is 4.74 Å². The van der Waals surface area contributed by atoms with Crippen LogP contribution in [0.3, 0.4) is 0 Å². The van der Waals surface area contributed by atoms with Crippen LogP contribution in [0.15, 0.2) is 18.2 Å². The van der Waals surface area contributed by atoms with E-state index in [0.717, 1.165) is 41.1 Å². The van der Waals surface area contributed by atoms with E-state index in [2.05, 4.69) is 49.6 Å². The third-order valence-electron chi connectivity index (χ3n) is 4.43. The number of nitrogens with zero attached hydrogens (tertiary/aromatic N) is 1. The van der Waals surface area contributed by atoms with Crippen molar-refractivity contribution in [2.45, 2.75) is 59.4 Å². The molecule has 26 heavy (non-hydrogen) atoms. The molecule has 0 aliphatic rings. The summed E-state index contributed by atoms with van der Waals surface area (Å²) in [6, 6.07) is 6.84. The van der Waals surface area contributed by atoms with E-state index in [9.17, 15) is 0 Å². The number of anilines is 1. The lowest BCUT2D eigenvalue weighted by molar-refractivity contribution is 0.415. The maximum Gasteiger partial charge on any atom is 0.121 e. The zero-order valence-corrected chi connectivity index (χ0v) is 17.6. The van der Waals surface area contributed by atoms with Gasteiger partial charge in [0.25, 0.3) is 0 Å². The predicted octanol–water partition coefficient (Wildman–Crippen LogP) is 5.25. The Kier molecular flexibility index (Phi) is 9.74. The number of unbranched alkanes of at least 4 members (excludes halogenated alkanes) is 3. The fraction of sp³-hybridized carbons (Fsp3) is 0.571. The number of rotatable bonds is 10. The molecule has 2 N–H and O–H groups in total. The van der Waals surface area contributed by atoms with Gasteiger partial charge < -0.3 is 15.4 Å². The summed E-state index contributed by atoms with van der Waals surface area (Å²) in [7, 11) is 1.72. The van der Waals surface area contributed by atoms with E-state index in [1.165, 1.54) is 31.2 Å². The normalized spacial score (nSPS) is 10.8. The zero-order valence-electron chi connectivity index (χ0n) is 16.8. The Bertz CT molecular complexity index is 689. The smallest absolute Gasteiger partial charge is 0.121 e. The maximum absolute atomic E-state index is 5.46. The number of nitrogens with one attached hydrogen (secondary N) is 2. The number of methoxy groups -OCH3 is 1. The first kappa shape index (κ1) is 22.5. The molecule has 1 aromatic carbocycles. The molecule has 146 valence electrons. The number of benzene rings is 1. The summed E-state index contributed by atoms with van der Waals surface area (Å²) in [5.41, 5.74) is 4.40. The highest BCUT2D eigenvalue weighted by Gasteiger charge is 2.09. The lowest BCUT2D eigenvalue weighted by Crippen LogP contribution is -2.23. The number of ether oxygens (including phenoxy) is 1. The lowest BCUT2D eigenvalue weighted by atomic mass is 10.1. The van der Waals surface area contributed by atoms with Crippen LogP contribution in [0.1, 0.15) is 50.8 Å². The minimum atomic E-state index is 0. The van der Waals surface area contributed by atoms with Gasteiger partial charge in [-0.3, -0.25) is 4.98 Å². The van der Waals surface area contributed by atoms with Gasteiger partial charge in [0.2, 0.25) is 0 Å². The second kappa shape index (κ2) is 11.2. The average Bonchev–Trinajstić information content (AvgIpc) is 2.57. The van der Waals surface area contributed by atoms with E-state index >= 15 is 0 Å². The molecule has 5 heteroatoms. The Morgan fingerprint density at radius 3 is 2.35 bits per heavy atom. The van der Waals surface area contributed by atoms with Crippen molar-refractivity contribution in [3.63, 3.8) is 0 Å². The van der Waals surface area contributed by atoms with Crippen molar-refractivity contribution in [2.75, 3.05) is 25.5 Å². The van der Waals surface area contributed by atoms with Crippen LogP contribution >= 0.6 is 12.4 Å². The molecule has 1 aromatic heterocycles. The van der Waals surface area contributed by atoms with Gasteiger partial charge in [-0.25, -0.2) is 0 Å². The largest absolute Gasteiger partial charge is 0.497 e. The van der Waals surface area contributed by atoms with E-state index in [4.69, 9.17) is 9.72 Å². The number of fused-ring (bicyclic) bond motifs is 1. The number of aromatic nitrogens is 1. The summed E-state index contributed by atoms with van der Waals surface area (Å²) in [6.45, 7) is 10.7. The van der Waals surface area contributed by atoms with Crippen LogP contribution in [0.4, 0.5) is 5.69 Å². The van der Waals surface area contributed by atoms with E-state index in [1.54, 1.807) is 7.11 Å². The Hall–Kier alpha value is -1.52. The number of halogens is 1. The SMILES string of the molecule is COc1cc(NCCCCCCNC(C)C)c2nc(C)cc(C)c2c1.Cl. The molecule has 0 atom stereocenters. The van der Waals surface area contributed by atoms with Gasteiger partial charge in [-0.1, -0.05) is 26.7 Å². The van der Waals surface area contributed by atoms with Crippen LogP contribution in [0.25, 0.3) is 10.9 Å². The standard InChI is InChI=1S/C21H33N3O.ClH/c1-15(2)22-10-8-6-7-9-11-23-20-14-18(25-5)13-19-16(3)12-17(4)24-21(19)20;/h12-15,22-23H,6-11H2,1-5H3;1H. The second-order valence-corrected chi connectivity index (χ2v) is 7.10. The van der Waals surface area contributed by atoms with Gasteiger partial charge in [-0.05, 0) is 50.9 Å². The maximum atomic E-state index is 5.46. The lowest BCUT2D eigenvalue weighted by Gasteiger charge is -2.13. The highest BCUT2D eigenvalue weighted by molar-refractivity contribution is 5.94. The summed E-state index contributed by atoms with van der Waals surface area (Å²) < 4.78 is 5.46. The molecule has 0 aliphatic carbocycles. The molecule has 2 aromatic rings. The molecule has 0 spiro atoms. The van der Waals surface area contributed by atoms with Crippen molar-refractivity contribution in [1.82, 2.24) is 10.3 Å². The van der Waals surface area contributed by atoms with Gasteiger partial charge in [0.05, 0.1) is 18.3 Å². The van der Waals surface area contributed by atoms with E-state index in [-0.39, 0.29) is 12.4 Å². The molecule has 2 rings (SSSR count). The van der Waals surface area contributed by atoms with Crippen molar-refractivity contribution in [2.24, 2.45) is 0 Å². The van der Waals surface area contributed by atoms with Crippen LogP contribution in [0.2, 0.25) is 0 Å². The molecule has 1 heterocycles. The van der Waals surface area contributed by atoms with Crippen molar-refractivity contribution in [3.8, 4) is 5.75 Å². The van der Waals surface area contributed by atoms with Crippen molar-refractivity contribution >= 4 is 29.0 Å². The van der Waals surface area contributed by atoms with Gasteiger partial charge in [-0.15, -0.1) is 12.4 Å². The first-order valence-corrected chi connectivity index (χ1v) is 9.44. The Balaban J connectivity index is 0.00000338. The highest BCUT2D eigenvalue weighted by Crippen LogP contribution is 2.30. The van der Waals surface area contributed by atoms with Crippen LogP contribution in [-0.2, 0) is 0 Å². The molecular formula is C21H34ClN3O. The van der Waals surface area contributed by atoms with Crippen LogP contribution < -0.4 is 15.4 Å². The van der Waals surface area contributed by atoms with Gasteiger partial charge in [0.1, 0.15) is 5.75 Å². The quantitative estimate of drug-likeness (QED) is 0.553. The summed E-state index contributed by atoms with van der Waals surface area (Å²) in [5.74, 6) is 0.878. The molecule has 0 radical (unpaired) electrons. The molecule has 0 amide bonds. The first-order chi connectivity index (χ1) is 12.0. The predicted molar refractivity (Wildman–Crippen MR) is 115 cm³/mol. The zero-order chi connectivity index (χ0) is 18.2. The fourth-order valence-corrected chi connectivity index (χ4v) is 3.10. The third-order valence-corrected chi connectivity index (χ3v) is 4.43. The minimum absolute atomic E-state index is 0. The van der Waals surface area contributed by atoms with Crippen LogP contribution in [0, 0.1) is 13.8 Å². The number of hydrogen-bond donors (Lipinski definition) is 2. The third kappa shape index (κ3) is 6.65. The summed E-state index contributed by atoms with van der Waals surface area (Å²) in [5, 5.41) is 8.20. The number of aryl methyl sites for hydroxylation is 2.